The van der Waals surface area contributed by atoms with Crippen LogP contribution in [0.25, 0.3) is 17.0 Å². The van der Waals surface area contributed by atoms with Crippen molar-refractivity contribution in [2.24, 2.45) is 0 Å². The molecular weight excluding hydrogens is 304 g/mol. The molecule has 0 spiro atoms. The highest BCUT2D eigenvalue weighted by molar-refractivity contribution is 5.91. The lowest BCUT2D eigenvalue weighted by molar-refractivity contribution is -0.116. The molecule has 3 aromatic rings. The van der Waals surface area contributed by atoms with Crippen LogP contribution in [-0.4, -0.2) is 27.6 Å². The molecule has 0 saturated heterocycles. The zero-order valence-electron chi connectivity index (χ0n) is 13.0. The van der Waals surface area contributed by atoms with Gasteiger partial charge < -0.3 is 20.5 Å². The summed E-state index contributed by atoms with van der Waals surface area (Å²) < 4.78 is 0. The highest BCUT2D eigenvalue weighted by Crippen LogP contribution is 2.23. The molecule has 122 valence electrons. The van der Waals surface area contributed by atoms with Crippen LogP contribution in [-0.2, 0) is 11.2 Å². The summed E-state index contributed by atoms with van der Waals surface area (Å²) in [5.41, 5.74) is 2.85. The number of nitrogens with one attached hydrogen (secondary N) is 2. The van der Waals surface area contributed by atoms with Gasteiger partial charge in [-0.2, -0.15) is 0 Å². The molecule has 2 aromatic carbocycles. The fourth-order valence-electron chi connectivity index (χ4n) is 2.51. The number of aromatic hydroxyl groups is 2. The molecule has 0 radical (unpaired) electrons. The van der Waals surface area contributed by atoms with Gasteiger partial charge in [0.2, 0.25) is 5.91 Å². The van der Waals surface area contributed by atoms with Crippen LogP contribution < -0.4 is 5.32 Å². The van der Waals surface area contributed by atoms with E-state index in [0.717, 1.165) is 22.0 Å². The van der Waals surface area contributed by atoms with Crippen LogP contribution in [0.5, 0.6) is 11.5 Å². The third kappa shape index (κ3) is 3.76. The molecule has 0 aliphatic rings. The molecule has 0 unspecified atom stereocenters. The number of carbonyl (C=O) groups is 1. The van der Waals surface area contributed by atoms with Crippen molar-refractivity contribution in [2.45, 2.75) is 6.42 Å². The van der Waals surface area contributed by atoms with E-state index >= 15 is 0 Å². The first-order valence-electron chi connectivity index (χ1n) is 7.66. The van der Waals surface area contributed by atoms with Crippen LogP contribution in [0.1, 0.15) is 11.1 Å². The number of hydrogen-bond donors (Lipinski definition) is 4. The normalized spacial score (nSPS) is 11.2. The number of H-pyrrole nitrogens is 1. The van der Waals surface area contributed by atoms with E-state index in [4.69, 9.17) is 0 Å². The molecule has 3 rings (SSSR count). The predicted molar refractivity (Wildman–Crippen MR) is 93.8 cm³/mol. The van der Waals surface area contributed by atoms with Crippen LogP contribution in [0.2, 0.25) is 0 Å². The Labute approximate surface area is 139 Å². The van der Waals surface area contributed by atoms with Gasteiger partial charge in [-0.15, -0.1) is 0 Å². The predicted octanol–water partition coefficient (Wildman–Crippen LogP) is 2.95. The molecule has 4 N–H and O–H groups in total. The minimum atomic E-state index is -0.175. The second-order valence-corrected chi connectivity index (χ2v) is 5.51. The van der Waals surface area contributed by atoms with Crippen molar-refractivity contribution in [3.05, 3.63) is 65.9 Å². The number of hydrogen-bond acceptors (Lipinski definition) is 3. The number of aromatic nitrogens is 1. The summed E-state index contributed by atoms with van der Waals surface area (Å²) in [4.78, 5) is 15.0. The fourth-order valence-corrected chi connectivity index (χ4v) is 2.51. The van der Waals surface area contributed by atoms with Gasteiger partial charge in [0.15, 0.2) is 0 Å². The van der Waals surface area contributed by atoms with E-state index in [0.29, 0.717) is 13.0 Å². The van der Waals surface area contributed by atoms with Crippen molar-refractivity contribution in [3.8, 4) is 11.5 Å². The molecule has 0 fully saturated rings. The largest absolute Gasteiger partial charge is 0.508 e. The molecule has 0 atom stereocenters. The van der Waals surface area contributed by atoms with Crippen LogP contribution in [0.4, 0.5) is 0 Å². The van der Waals surface area contributed by atoms with Gasteiger partial charge in [-0.3, -0.25) is 4.79 Å². The molecular formula is C19H18N2O3. The Hall–Kier alpha value is -3.21. The zero-order valence-corrected chi connectivity index (χ0v) is 13.0. The lowest BCUT2D eigenvalue weighted by Crippen LogP contribution is -2.23. The lowest BCUT2D eigenvalue weighted by atomic mass is 10.1. The zero-order chi connectivity index (χ0) is 16.9. The average Bonchev–Trinajstić information content (AvgIpc) is 2.97. The molecule has 0 saturated carbocycles. The quantitative estimate of drug-likeness (QED) is 0.545. The molecule has 24 heavy (non-hydrogen) atoms. The van der Waals surface area contributed by atoms with Gasteiger partial charge in [-0.05, 0) is 54.0 Å². The molecule has 1 amide bonds. The molecule has 5 nitrogen and oxygen atoms in total. The SMILES string of the molecule is O=C(/C=C\c1ccc(O)cc1)NCCc1c[nH]c2ccc(O)cc12. The smallest absolute Gasteiger partial charge is 0.244 e. The Morgan fingerprint density at radius 1 is 1.08 bits per heavy atom. The summed E-state index contributed by atoms with van der Waals surface area (Å²) in [5.74, 6) is 0.247. The van der Waals surface area contributed by atoms with Gasteiger partial charge in [0.05, 0.1) is 0 Å². The second kappa shape index (κ2) is 6.91. The minimum absolute atomic E-state index is 0.175. The molecule has 0 bridgehead atoms. The Kier molecular flexibility index (Phi) is 4.52. The topological polar surface area (TPSA) is 85.4 Å². The molecule has 5 heteroatoms. The number of benzene rings is 2. The van der Waals surface area contributed by atoms with Gasteiger partial charge >= 0.3 is 0 Å². The van der Waals surface area contributed by atoms with Crippen molar-refractivity contribution < 1.29 is 15.0 Å². The van der Waals surface area contributed by atoms with Gasteiger partial charge in [-0.1, -0.05) is 12.1 Å². The van der Waals surface area contributed by atoms with Crippen molar-refractivity contribution in [1.82, 2.24) is 10.3 Å². The second-order valence-electron chi connectivity index (χ2n) is 5.51. The molecule has 0 aliphatic heterocycles. The number of amides is 1. The first-order valence-corrected chi connectivity index (χ1v) is 7.66. The summed E-state index contributed by atoms with van der Waals surface area (Å²) in [7, 11) is 0. The Morgan fingerprint density at radius 2 is 1.83 bits per heavy atom. The van der Waals surface area contributed by atoms with Crippen LogP contribution in [0, 0.1) is 0 Å². The lowest BCUT2D eigenvalue weighted by Gasteiger charge is -2.02. The molecule has 1 heterocycles. The van der Waals surface area contributed by atoms with Crippen molar-refractivity contribution in [3.63, 3.8) is 0 Å². The standard InChI is InChI=1S/C19H18N2O3/c22-15-4-1-13(2-5-15)3-8-19(24)20-10-9-14-12-21-18-7-6-16(23)11-17(14)18/h1-8,11-12,21-23H,9-10H2,(H,20,24)/b8-3-. The Morgan fingerprint density at radius 3 is 2.62 bits per heavy atom. The summed E-state index contributed by atoms with van der Waals surface area (Å²) in [5, 5.41) is 22.6. The average molecular weight is 322 g/mol. The summed E-state index contributed by atoms with van der Waals surface area (Å²) in [6.07, 6.45) is 5.72. The number of aromatic amines is 1. The van der Waals surface area contributed by atoms with Crippen molar-refractivity contribution in [1.29, 1.82) is 0 Å². The third-order valence-electron chi connectivity index (χ3n) is 3.76. The molecule has 0 aliphatic carbocycles. The highest BCUT2D eigenvalue weighted by Gasteiger charge is 2.05. The van der Waals surface area contributed by atoms with E-state index in [2.05, 4.69) is 10.3 Å². The van der Waals surface area contributed by atoms with Gasteiger partial charge in [0, 0.05) is 29.7 Å². The summed E-state index contributed by atoms with van der Waals surface area (Å²) >= 11 is 0. The van der Waals surface area contributed by atoms with E-state index in [-0.39, 0.29) is 17.4 Å². The summed E-state index contributed by atoms with van der Waals surface area (Å²) in [6, 6.07) is 11.8. The van der Waals surface area contributed by atoms with E-state index < -0.39 is 0 Å². The molecule has 1 aromatic heterocycles. The monoisotopic (exact) mass is 322 g/mol. The number of fused-ring (bicyclic) bond motifs is 1. The van der Waals surface area contributed by atoms with E-state index in [1.165, 1.54) is 6.08 Å². The minimum Gasteiger partial charge on any atom is -0.508 e. The van der Waals surface area contributed by atoms with Gasteiger partial charge in [0.25, 0.3) is 0 Å². The maximum atomic E-state index is 11.8. The number of phenolic OH excluding ortho intramolecular Hbond substituents is 2. The van der Waals surface area contributed by atoms with Crippen LogP contribution in [0.3, 0.4) is 0 Å². The van der Waals surface area contributed by atoms with Crippen molar-refractivity contribution >= 4 is 22.9 Å². The number of phenols is 2. The third-order valence-corrected chi connectivity index (χ3v) is 3.76. The summed E-state index contributed by atoms with van der Waals surface area (Å²) in [6.45, 7) is 0.501. The van der Waals surface area contributed by atoms with Crippen LogP contribution >= 0.6 is 0 Å². The van der Waals surface area contributed by atoms with E-state index in [9.17, 15) is 15.0 Å². The van der Waals surface area contributed by atoms with Crippen LogP contribution in [0.15, 0.2) is 54.7 Å². The van der Waals surface area contributed by atoms with Gasteiger partial charge in [0.1, 0.15) is 11.5 Å². The number of rotatable bonds is 5. The van der Waals surface area contributed by atoms with Crippen molar-refractivity contribution in [2.75, 3.05) is 6.54 Å². The van der Waals surface area contributed by atoms with E-state index in [1.807, 2.05) is 12.3 Å². The maximum Gasteiger partial charge on any atom is 0.244 e. The van der Waals surface area contributed by atoms with Gasteiger partial charge in [-0.25, -0.2) is 0 Å². The first kappa shape index (κ1) is 15.7. The highest BCUT2D eigenvalue weighted by atomic mass is 16.3. The fraction of sp³-hybridized carbons (Fsp3) is 0.105. The maximum absolute atomic E-state index is 11.8. The Bertz CT molecular complexity index is 879. The van der Waals surface area contributed by atoms with E-state index in [1.54, 1.807) is 42.5 Å². The Balaban J connectivity index is 1.54. The number of carbonyl (C=O) groups excluding carboxylic acids is 1. The first-order chi connectivity index (χ1) is 11.6.